The van der Waals surface area contributed by atoms with Crippen molar-refractivity contribution in [2.75, 3.05) is 0 Å². The van der Waals surface area contributed by atoms with Gasteiger partial charge in [0.15, 0.2) is 0 Å². The molecular formula is C38H48O2. The van der Waals surface area contributed by atoms with Crippen molar-refractivity contribution in [3.05, 3.63) is 101 Å². The van der Waals surface area contributed by atoms with Crippen LogP contribution in [0.15, 0.2) is 72.8 Å². The highest BCUT2D eigenvalue weighted by Crippen LogP contribution is 2.53. The van der Waals surface area contributed by atoms with Gasteiger partial charge in [0.2, 0.25) is 6.29 Å². The van der Waals surface area contributed by atoms with Crippen LogP contribution >= 0.6 is 0 Å². The Kier molecular flexibility index (Phi) is 7.83. The fourth-order valence-corrected chi connectivity index (χ4v) is 8.25. The molecule has 3 aromatic carbocycles. The molecule has 2 heteroatoms. The Morgan fingerprint density at radius 2 is 1.48 bits per heavy atom. The summed E-state index contributed by atoms with van der Waals surface area (Å²) in [5.41, 5.74) is 6.84. The molecule has 0 radical (unpaired) electrons. The molecule has 0 heterocycles. The summed E-state index contributed by atoms with van der Waals surface area (Å²) in [5, 5.41) is 0. The molecule has 40 heavy (non-hydrogen) atoms. The summed E-state index contributed by atoms with van der Waals surface area (Å²) < 4.78 is 14.3. The summed E-state index contributed by atoms with van der Waals surface area (Å²) in [7, 11) is 0. The van der Waals surface area contributed by atoms with E-state index in [0.29, 0.717) is 17.8 Å². The second-order valence-corrected chi connectivity index (χ2v) is 13.9. The van der Waals surface area contributed by atoms with Gasteiger partial charge in [-0.15, -0.1) is 0 Å². The van der Waals surface area contributed by atoms with Crippen LogP contribution in [0.25, 0.3) is 0 Å². The normalized spacial score (nSPS) is 25.5. The van der Waals surface area contributed by atoms with Crippen LogP contribution in [0.4, 0.5) is 0 Å². The minimum Gasteiger partial charge on any atom is -0.464 e. The molecule has 2 saturated carbocycles. The molecule has 0 spiro atoms. The van der Waals surface area contributed by atoms with Crippen molar-refractivity contribution in [1.82, 2.24) is 0 Å². The first-order chi connectivity index (χ1) is 19.3. The first-order valence-corrected chi connectivity index (χ1v) is 15.9. The second kappa shape index (κ2) is 11.4. The van der Waals surface area contributed by atoms with E-state index < -0.39 is 0 Å². The Balaban J connectivity index is 1.36. The third-order valence-corrected chi connectivity index (χ3v) is 10.2. The van der Waals surface area contributed by atoms with Gasteiger partial charge in [-0.2, -0.15) is 0 Å². The van der Waals surface area contributed by atoms with Gasteiger partial charge in [-0.25, -0.2) is 0 Å². The molecule has 2 bridgehead atoms. The molecule has 3 aromatic rings. The maximum absolute atomic E-state index is 7.34. The van der Waals surface area contributed by atoms with Gasteiger partial charge >= 0.3 is 0 Å². The van der Waals surface area contributed by atoms with Crippen molar-refractivity contribution in [2.24, 2.45) is 23.7 Å². The fourth-order valence-electron chi connectivity index (χ4n) is 8.25. The monoisotopic (exact) mass is 536 g/mol. The SMILES string of the molecule is CC(C)CC(c1ccc(OC(OC23CCCC(C2)C(C)C3)C2c3ccccc3Cc3ccccc32)cc1)C(C)C. The van der Waals surface area contributed by atoms with Gasteiger partial charge in [-0.3, -0.25) is 0 Å². The summed E-state index contributed by atoms with van der Waals surface area (Å²) >= 11 is 0. The Morgan fingerprint density at radius 1 is 0.825 bits per heavy atom. The van der Waals surface area contributed by atoms with Crippen molar-refractivity contribution in [3.63, 3.8) is 0 Å². The summed E-state index contributed by atoms with van der Waals surface area (Å²) in [5.74, 6) is 4.34. The quantitative estimate of drug-likeness (QED) is 0.253. The third-order valence-electron chi connectivity index (χ3n) is 10.2. The lowest BCUT2D eigenvalue weighted by molar-refractivity contribution is -0.185. The van der Waals surface area contributed by atoms with Gasteiger partial charge in [0.1, 0.15) is 5.75 Å². The zero-order valence-electron chi connectivity index (χ0n) is 25.2. The Morgan fingerprint density at radius 3 is 2.10 bits per heavy atom. The first kappa shape index (κ1) is 27.6. The summed E-state index contributed by atoms with van der Waals surface area (Å²) in [4.78, 5) is 0. The lowest BCUT2D eigenvalue weighted by Gasteiger charge is -2.41. The summed E-state index contributed by atoms with van der Waals surface area (Å²) in [6.45, 7) is 11.8. The molecule has 0 aromatic heterocycles. The van der Waals surface area contributed by atoms with E-state index in [1.165, 1.54) is 53.5 Å². The van der Waals surface area contributed by atoms with Crippen LogP contribution in [0.5, 0.6) is 5.75 Å². The maximum atomic E-state index is 7.34. The molecule has 5 unspecified atom stereocenters. The van der Waals surface area contributed by atoms with E-state index in [-0.39, 0.29) is 17.8 Å². The zero-order chi connectivity index (χ0) is 27.9. The molecule has 0 amide bonds. The van der Waals surface area contributed by atoms with Crippen molar-refractivity contribution in [3.8, 4) is 5.75 Å². The molecule has 0 aliphatic heterocycles. The van der Waals surface area contributed by atoms with Gasteiger partial charge in [0.25, 0.3) is 0 Å². The highest BCUT2D eigenvalue weighted by Gasteiger charge is 2.50. The minimum atomic E-state index is -0.367. The van der Waals surface area contributed by atoms with E-state index in [9.17, 15) is 0 Å². The van der Waals surface area contributed by atoms with E-state index >= 15 is 0 Å². The largest absolute Gasteiger partial charge is 0.464 e. The number of benzene rings is 3. The molecule has 212 valence electrons. The number of hydrogen-bond acceptors (Lipinski definition) is 2. The second-order valence-electron chi connectivity index (χ2n) is 13.9. The molecule has 0 N–H and O–H groups in total. The van der Waals surface area contributed by atoms with Gasteiger partial charge in [-0.05, 0) is 108 Å². The average Bonchev–Trinajstić information content (AvgIpc) is 3.16. The van der Waals surface area contributed by atoms with Gasteiger partial charge in [0, 0.05) is 0 Å². The third kappa shape index (κ3) is 5.49. The van der Waals surface area contributed by atoms with Crippen LogP contribution in [0, 0.1) is 23.7 Å². The van der Waals surface area contributed by atoms with Gasteiger partial charge < -0.3 is 9.47 Å². The summed E-state index contributed by atoms with van der Waals surface area (Å²) in [6, 6.07) is 26.9. The molecule has 2 nitrogen and oxygen atoms in total. The van der Waals surface area contributed by atoms with Crippen LogP contribution in [0.1, 0.15) is 113 Å². The van der Waals surface area contributed by atoms with Crippen LogP contribution in [0.2, 0.25) is 0 Å². The standard InChI is InChI=1S/C38H48O2/c1-25(2)21-35(26(3)4)28-16-18-32(19-17-28)39-37(40-38-20-10-13-31(24-38)27(5)23-38)36-33-14-8-6-11-29(33)22-30-12-7-9-15-34(30)36/h6-9,11-12,14-19,25-27,31,35-37H,10,13,20-24H2,1-5H3. The molecule has 3 aliphatic carbocycles. The minimum absolute atomic E-state index is 0.0517. The predicted molar refractivity (Wildman–Crippen MR) is 165 cm³/mol. The van der Waals surface area contributed by atoms with Gasteiger partial charge in [0.05, 0.1) is 11.5 Å². The average molecular weight is 537 g/mol. The first-order valence-electron chi connectivity index (χ1n) is 15.9. The number of fused-ring (bicyclic) bond motifs is 4. The Hall–Kier alpha value is -2.58. The van der Waals surface area contributed by atoms with E-state index in [2.05, 4.69) is 107 Å². The smallest absolute Gasteiger partial charge is 0.211 e. The van der Waals surface area contributed by atoms with E-state index in [0.717, 1.165) is 36.8 Å². The number of ether oxygens (including phenoxy) is 2. The zero-order valence-corrected chi connectivity index (χ0v) is 25.2. The van der Waals surface area contributed by atoms with Crippen LogP contribution < -0.4 is 4.74 Å². The Bertz CT molecular complexity index is 1240. The van der Waals surface area contributed by atoms with E-state index in [1.54, 1.807) is 0 Å². The van der Waals surface area contributed by atoms with Crippen molar-refractivity contribution >= 4 is 0 Å². The van der Waals surface area contributed by atoms with Crippen molar-refractivity contribution in [2.45, 2.75) is 103 Å². The Labute approximate surface area is 242 Å². The van der Waals surface area contributed by atoms with E-state index in [1.807, 2.05) is 0 Å². The topological polar surface area (TPSA) is 18.5 Å². The lowest BCUT2D eigenvalue weighted by atomic mass is 9.77. The molecule has 5 atom stereocenters. The number of hydrogen-bond donors (Lipinski definition) is 0. The van der Waals surface area contributed by atoms with Crippen LogP contribution in [-0.4, -0.2) is 11.9 Å². The van der Waals surface area contributed by atoms with Crippen molar-refractivity contribution in [1.29, 1.82) is 0 Å². The number of rotatable bonds is 9. The highest BCUT2D eigenvalue weighted by atomic mass is 16.7. The van der Waals surface area contributed by atoms with Crippen LogP contribution in [-0.2, 0) is 11.2 Å². The molecule has 3 aliphatic rings. The van der Waals surface area contributed by atoms with Crippen LogP contribution in [0.3, 0.4) is 0 Å². The molecular weight excluding hydrogens is 488 g/mol. The molecule has 0 saturated heterocycles. The maximum Gasteiger partial charge on any atom is 0.211 e. The predicted octanol–water partition coefficient (Wildman–Crippen LogP) is 9.90. The van der Waals surface area contributed by atoms with Crippen molar-refractivity contribution < 1.29 is 9.47 Å². The van der Waals surface area contributed by atoms with E-state index in [4.69, 9.17) is 9.47 Å². The fraction of sp³-hybridized carbons (Fsp3) is 0.526. The molecule has 6 rings (SSSR count). The molecule has 2 fully saturated rings. The highest BCUT2D eigenvalue weighted by molar-refractivity contribution is 5.50. The summed E-state index contributed by atoms with van der Waals surface area (Å²) in [6.07, 6.45) is 7.90. The van der Waals surface area contributed by atoms with Gasteiger partial charge in [-0.1, -0.05) is 102 Å². The lowest BCUT2D eigenvalue weighted by Crippen LogP contribution is -2.42.